The number of aliphatic hydroxyl groups excluding tert-OH is 1. The molecule has 1 heterocycles. The number of nitrogens with zero attached hydrogens (tertiary/aromatic N) is 1. The minimum absolute atomic E-state index is 0.151. The highest BCUT2D eigenvalue weighted by atomic mass is 32.1. The summed E-state index contributed by atoms with van der Waals surface area (Å²) in [5.74, 6) is -0.864. The molecule has 0 saturated carbocycles. The lowest BCUT2D eigenvalue weighted by molar-refractivity contribution is -0.137. The maximum absolute atomic E-state index is 13.4. The summed E-state index contributed by atoms with van der Waals surface area (Å²) in [5.41, 5.74) is 8.15. The third kappa shape index (κ3) is 7.37. The van der Waals surface area contributed by atoms with Crippen LogP contribution in [-0.2, 0) is 23.0 Å². The molecule has 4 aromatic rings. The molecule has 11 heteroatoms. The van der Waals surface area contributed by atoms with Crippen LogP contribution in [0.25, 0.3) is 22.4 Å². The van der Waals surface area contributed by atoms with E-state index >= 15 is 0 Å². The van der Waals surface area contributed by atoms with Crippen LogP contribution in [0.15, 0.2) is 72.1 Å². The van der Waals surface area contributed by atoms with Crippen LogP contribution in [0.2, 0.25) is 0 Å². The van der Waals surface area contributed by atoms with Crippen LogP contribution in [-0.4, -0.2) is 35.0 Å². The maximum Gasteiger partial charge on any atom is 0.416 e. The van der Waals surface area contributed by atoms with Crippen molar-refractivity contribution in [2.24, 2.45) is 5.73 Å². The van der Waals surface area contributed by atoms with Crippen molar-refractivity contribution in [1.29, 1.82) is 0 Å². The molecule has 0 bridgehead atoms. The quantitative estimate of drug-likeness (QED) is 0.205. The number of rotatable bonds is 9. The number of hydrogen-bond acceptors (Lipinski definition) is 6. The third-order valence-corrected chi connectivity index (χ3v) is 7.33. The zero-order chi connectivity index (χ0) is 29.8. The molecule has 0 aliphatic rings. The highest BCUT2D eigenvalue weighted by Gasteiger charge is 2.31. The summed E-state index contributed by atoms with van der Waals surface area (Å²) in [4.78, 5) is 29.5. The van der Waals surface area contributed by atoms with Crippen molar-refractivity contribution in [3.05, 3.63) is 94.4 Å². The molecule has 1 aromatic heterocycles. The number of anilines is 1. The molecule has 41 heavy (non-hydrogen) atoms. The van der Waals surface area contributed by atoms with Gasteiger partial charge in [-0.05, 0) is 58.7 Å². The first-order chi connectivity index (χ1) is 19.4. The Morgan fingerprint density at radius 3 is 2.39 bits per heavy atom. The van der Waals surface area contributed by atoms with Crippen molar-refractivity contribution in [3.8, 4) is 22.4 Å². The van der Waals surface area contributed by atoms with Gasteiger partial charge in [-0.2, -0.15) is 13.2 Å². The van der Waals surface area contributed by atoms with Gasteiger partial charge in [0.1, 0.15) is 0 Å². The lowest BCUT2D eigenvalue weighted by atomic mass is 9.84. The van der Waals surface area contributed by atoms with Gasteiger partial charge < -0.3 is 21.5 Å². The average molecular weight is 583 g/mol. The number of carbonyl (C=O) groups is 2. The molecule has 0 spiro atoms. The highest BCUT2D eigenvalue weighted by molar-refractivity contribution is 7.14. The van der Waals surface area contributed by atoms with E-state index in [1.165, 1.54) is 17.4 Å². The van der Waals surface area contributed by atoms with Crippen LogP contribution in [0.4, 0.5) is 18.3 Å². The van der Waals surface area contributed by atoms with E-state index in [1.807, 2.05) is 19.9 Å². The normalized spacial score (nSPS) is 11.8. The molecular formula is C30H29F3N4O3S. The number of amides is 2. The number of benzene rings is 3. The molecule has 0 radical (unpaired) electrons. The number of nitrogens with two attached hydrogens (primary N) is 1. The first kappa shape index (κ1) is 29.9. The molecule has 0 aliphatic carbocycles. The van der Waals surface area contributed by atoms with Crippen LogP contribution in [0.1, 0.15) is 40.9 Å². The Morgan fingerprint density at radius 2 is 1.68 bits per heavy atom. The van der Waals surface area contributed by atoms with E-state index in [2.05, 4.69) is 15.6 Å². The molecule has 214 valence electrons. The van der Waals surface area contributed by atoms with E-state index in [9.17, 15) is 27.9 Å². The fourth-order valence-corrected chi connectivity index (χ4v) is 4.80. The van der Waals surface area contributed by atoms with E-state index < -0.39 is 30.2 Å². The van der Waals surface area contributed by atoms with Crippen molar-refractivity contribution in [2.45, 2.75) is 32.0 Å². The maximum atomic E-state index is 13.4. The lowest BCUT2D eigenvalue weighted by Crippen LogP contribution is -2.33. The summed E-state index contributed by atoms with van der Waals surface area (Å²) in [6, 6.07) is 17.4. The number of aromatic nitrogens is 1. The van der Waals surface area contributed by atoms with Crippen LogP contribution >= 0.6 is 11.3 Å². The number of nitrogens with one attached hydrogen (secondary N) is 2. The molecule has 0 fully saturated rings. The molecule has 0 atom stereocenters. The summed E-state index contributed by atoms with van der Waals surface area (Å²) < 4.78 is 40.1. The molecule has 3 aromatic carbocycles. The standard InChI is InChI=1S/C30H29F3N4O3S/c1-29(2,17-34)23-8-4-7-21(12-23)27(40)35-14-26(39)37-28-36-25(16-41-28)20-6-3-5-19(11-20)22-9-18(15-38)10-24(13-22)30(31,32)33/h3-13,16,38H,14-15,17,34H2,1-2H3,(H,35,40)(H,36,37,39). The molecule has 7 nitrogen and oxygen atoms in total. The Balaban J connectivity index is 1.42. The molecule has 0 saturated heterocycles. The van der Waals surface area contributed by atoms with Gasteiger partial charge in [-0.1, -0.05) is 44.2 Å². The van der Waals surface area contributed by atoms with E-state index in [1.54, 1.807) is 47.8 Å². The smallest absolute Gasteiger partial charge is 0.392 e. The van der Waals surface area contributed by atoms with Crippen molar-refractivity contribution >= 4 is 28.3 Å². The minimum Gasteiger partial charge on any atom is -0.392 e. The summed E-state index contributed by atoms with van der Waals surface area (Å²) in [6.07, 6.45) is -4.55. The number of hydrogen-bond donors (Lipinski definition) is 4. The second kappa shape index (κ2) is 12.2. The van der Waals surface area contributed by atoms with Gasteiger partial charge >= 0.3 is 6.18 Å². The van der Waals surface area contributed by atoms with E-state index in [-0.39, 0.29) is 17.5 Å². The SMILES string of the molecule is CC(C)(CN)c1cccc(C(=O)NCC(=O)Nc2nc(-c3cccc(-c4cc(CO)cc(C(F)(F)F)c4)c3)cs2)c1. The van der Waals surface area contributed by atoms with Crippen LogP contribution in [0.5, 0.6) is 0 Å². The molecule has 0 aliphatic heterocycles. The fourth-order valence-electron chi connectivity index (χ4n) is 4.06. The van der Waals surface area contributed by atoms with Crippen molar-refractivity contribution < 1.29 is 27.9 Å². The Bertz CT molecular complexity index is 1570. The van der Waals surface area contributed by atoms with Crippen molar-refractivity contribution in [2.75, 3.05) is 18.4 Å². The van der Waals surface area contributed by atoms with Gasteiger partial charge in [0.25, 0.3) is 5.91 Å². The predicted molar refractivity (Wildman–Crippen MR) is 153 cm³/mol. The monoisotopic (exact) mass is 582 g/mol. The second-order valence-electron chi connectivity index (χ2n) is 10.1. The number of alkyl halides is 3. The zero-order valence-corrected chi connectivity index (χ0v) is 23.2. The first-order valence-corrected chi connectivity index (χ1v) is 13.5. The van der Waals surface area contributed by atoms with Crippen molar-refractivity contribution in [1.82, 2.24) is 10.3 Å². The van der Waals surface area contributed by atoms with Gasteiger partial charge in [0.2, 0.25) is 5.91 Å². The van der Waals surface area contributed by atoms with E-state index in [4.69, 9.17) is 5.73 Å². The summed E-state index contributed by atoms with van der Waals surface area (Å²) in [7, 11) is 0. The topological polar surface area (TPSA) is 117 Å². The van der Waals surface area contributed by atoms with E-state index in [0.29, 0.717) is 39.6 Å². The van der Waals surface area contributed by atoms with Crippen LogP contribution in [0, 0.1) is 0 Å². The minimum atomic E-state index is -4.55. The Labute approximate surface area is 239 Å². The average Bonchev–Trinajstić information content (AvgIpc) is 3.43. The van der Waals surface area contributed by atoms with Gasteiger partial charge in [0.05, 0.1) is 24.4 Å². The van der Waals surface area contributed by atoms with Crippen LogP contribution in [0.3, 0.4) is 0 Å². The number of thiazole rings is 1. The molecular weight excluding hydrogens is 553 g/mol. The largest absolute Gasteiger partial charge is 0.416 e. The van der Waals surface area contributed by atoms with Crippen LogP contribution < -0.4 is 16.4 Å². The fraction of sp³-hybridized carbons (Fsp3) is 0.233. The van der Waals surface area contributed by atoms with Gasteiger partial charge in [0.15, 0.2) is 5.13 Å². The molecule has 2 amide bonds. The van der Waals surface area contributed by atoms with Crippen molar-refractivity contribution in [3.63, 3.8) is 0 Å². The molecule has 5 N–H and O–H groups in total. The van der Waals surface area contributed by atoms with Gasteiger partial charge in [-0.25, -0.2) is 4.98 Å². The number of carbonyl (C=O) groups excluding carboxylic acids is 2. The molecule has 0 unspecified atom stereocenters. The number of halogens is 3. The zero-order valence-electron chi connectivity index (χ0n) is 22.4. The first-order valence-electron chi connectivity index (χ1n) is 12.7. The number of aliphatic hydroxyl groups is 1. The Kier molecular flexibility index (Phi) is 8.91. The van der Waals surface area contributed by atoms with Gasteiger partial charge in [-0.3, -0.25) is 9.59 Å². The summed E-state index contributed by atoms with van der Waals surface area (Å²) >= 11 is 1.17. The van der Waals surface area contributed by atoms with Gasteiger partial charge in [-0.15, -0.1) is 11.3 Å². The Hall–Kier alpha value is -4.06. The lowest BCUT2D eigenvalue weighted by Gasteiger charge is -2.23. The second-order valence-corrected chi connectivity index (χ2v) is 11.0. The summed E-state index contributed by atoms with van der Waals surface area (Å²) in [5, 5.41) is 16.7. The molecule has 4 rings (SSSR count). The van der Waals surface area contributed by atoms with E-state index in [0.717, 1.165) is 17.7 Å². The van der Waals surface area contributed by atoms with Gasteiger partial charge in [0, 0.05) is 28.5 Å². The highest BCUT2D eigenvalue weighted by Crippen LogP contribution is 2.35. The third-order valence-electron chi connectivity index (χ3n) is 6.57. The summed E-state index contributed by atoms with van der Waals surface area (Å²) in [6.45, 7) is 3.58. The predicted octanol–water partition coefficient (Wildman–Crippen LogP) is 5.59. The Morgan fingerprint density at radius 1 is 0.951 bits per heavy atom.